The second-order valence-corrected chi connectivity index (χ2v) is 6.39. The maximum Gasteiger partial charge on any atom is 0.115 e. The van der Waals surface area contributed by atoms with Crippen LogP contribution in [0.5, 0.6) is 0 Å². The predicted octanol–water partition coefficient (Wildman–Crippen LogP) is 3.80. The summed E-state index contributed by atoms with van der Waals surface area (Å²) >= 11 is 0. The van der Waals surface area contributed by atoms with Crippen LogP contribution in [0.2, 0.25) is 0 Å². The molecule has 0 aromatic carbocycles. The number of rotatable bonds is 5. The standard InChI is InChI=1S/C16H29N3/c1-7-14-9-16(6,17)15(19-10-18-14)13(5)8-12(4)11(2)3/h9-13H,7-8,17H2,1-6H3. The second kappa shape index (κ2) is 6.47. The number of nitrogens with zero attached hydrogens (tertiary/aromatic N) is 2. The predicted molar refractivity (Wildman–Crippen MR) is 84.7 cm³/mol. The number of hydrogen-bond donors (Lipinski definition) is 1. The molecule has 0 aromatic rings. The number of nitrogens with two attached hydrogens (primary N) is 1. The van der Waals surface area contributed by atoms with Crippen molar-refractivity contribution in [3.63, 3.8) is 0 Å². The SMILES string of the molecule is CCC1=CC(C)(N)C(C(C)CC(C)C(C)C)=NC=N1. The topological polar surface area (TPSA) is 50.7 Å². The molecule has 0 aromatic heterocycles. The fraction of sp³-hybridized carbons (Fsp3) is 0.750. The van der Waals surface area contributed by atoms with Crippen molar-refractivity contribution >= 4 is 12.1 Å². The summed E-state index contributed by atoms with van der Waals surface area (Å²) in [5.41, 5.74) is 8.03. The Balaban J connectivity index is 2.90. The Labute approximate surface area is 118 Å². The zero-order chi connectivity index (χ0) is 14.6. The molecule has 3 unspecified atom stereocenters. The Morgan fingerprint density at radius 1 is 1.26 bits per heavy atom. The molecule has 1 rings (SSSR count). The summed E-state index contributed by atoms with van der Waals surface area (Å²) in [5.74, 6) is 1.74. The summed E-state index contributed by atoms with van der Waals surface area (Å²) in [7, 11) is 0. The zero-order valence-electron chi connectivity index (χ0n) is 13.3. The van der Waals surface area contributed by atoms with Crippen LogP contribution in [0.4, 0.5) is 0 Å². The van der Waals surface area contributed by atoms with E-state index in [1.165, 1.54) is 0 Å². The van der Waals surface area contributed by atoms with Gasteiger partial charge in [0.1, 0.15) is 6.34 Å². The monoisotopic (exact) mass is 263 g/mol. The van der Waals surface area contributed by atoms with Crippen LogP contribution in [0, 0.1) is 17.8 Å². The van der Waals surface area contributed by atoms with Crippen molar-refractivity contribution in [1.29, 1.82) is 0 Å². The van der Waals surface area contributed by atoms with Crippen LogP contribution < -0.4 is 5.73 Å². The first-order chi connectivity index (χ1) is 8.77. The van der Waals surface area contributed by atoms with Crippen molar-refractivity contribution in [2.24, 2.45) is 33.5 Å². The van der Waals surface area contributed by atoms with Crippen molar-refractivity contribution in [2.45, 2.75) is 59.9 Å². The van der Waals surface area contributed by atoms with Gasteiger partial charge in [-0.2, -0.15) is 0 Å². The molecule has 0 fully saturated rings. The highest BCUT2D eigenvalue weighted by Gasteiger charge is 2.30. The lowest BCUT2D eigenvalue weighted by Gasteiger charge is -2.29. The summed E-state index contributed by atoms with van der Waals surface area (Å²) < 4.78 is 0. The average molecular weight is 263 g/mol. The third kappa shape index (κ3) is 4.27. The van der Waals surface area contributed by atoms with E-state index < -0.39 is 5.54 Å². The molecule has 0 saturated heterocycles. The molecule has 0 bridgehead atoms. The lowest BCUT2D eigenvalue weighted by Crippen LogP contribution is -2.46. The van der Waals surface area contributed by atoms with Gasteiger partial charge in [-0.25, -0.2) is 9.98 Å². The van der Waals surface area contributed by atoms with Gasteiger partial charge in [-0.15, -0.1) is 0 Å². The summed E-state index contributed by atoms with van der Waals surface area (Å²) in [6, 6.07) is 0. The highest BCUT2D eigenvalue weighted by Crippen LogP contribution is 2.26. The fourth-order valence-corrected chi connectivity index (χ4v) is 2.55. The lowest BCUT2D eigenvalue weighted by molar-refractivity contribution is 0.363. The summed E-state index contributed by atoms with van der Waals surface area (Å²) in [6.07, 6.45) is 5.74. The molecule has 0 radical (unpaired) electrons. The first-order valence-corrected chi connectivity index (χ1v) is 7.39. The Morgan fingerprint density at radius 2 is 1.89 bits per heavy atom. The molecule has 19 heavy (non-hydrogen) atoms. The van der Waals surface area contributed by atoms with E-state index >= 15 is 0 Å². The van der Waals surface area contributed by atoms with E-state index in [1.807, 2.05) is 6.92 Å². The van der Waals surface area contributed by atoms with Gasteiger partial charge in [0.25, 0.3) is 0 Å². The van der Waals surface area contributed by atoms with E-state index in [-0.39, 0.29) is 0 Å². The van der Waals surface area contributed by atoms with Crippen LogP contribution in [-0.4, -0.2) is 17.6 Å². The average Bonchev–Trinajstić information content (AvgIpc) is 2.46. The Kier molecular flexibility index (Phi) is 5.48. The summed E-state index contributed by atoms with van der Waals surface area (Å²) in [6.45, 7) is 13.2. The van der Waals surface area contributed by atoms with Gasteiger partial charge in [-0.05, 0) is 43.6 Å². The van der Waals surface area contributed by atoms with Crippen molar-refractivity contribution in [2.75, 3.05) is 0 Å². The zero-order valence-corrected chi connectivity index (χ0v) is 13.3. The third-order valence-corrected chi connectivity index (χ3v) is 4.13. The Hall–Kier alpha value is -0.960. The molecule has 0 saturated carbocycles. The first kappa shape index (κ1) is 16.1. The third-order valence-electron chi connectivity index (χ3n) is 4.13. The maximum atomic E-state index is 6.45. The Bertz CT molecular complexity index is 389. The number of allylic oxidation sites excluding steroid dienone is 1. The van der Waals surface area contributed by atoms with Gasteiger partial charge >= 0.3 is 0 Å². The van der Waals surface area contributed by atoms with Crippen LogP contribution >= 0.6 is 0 Å². The molecule has 3 atom stereocenters. The van der Waals surface area contributed by atoms with Crippen molar-refractivity contribution in [3.8, 4) is 0 Å². The van der Waals surface area contributed by atoms with Gasteiger partial charge in [0.2, 0.25) is 0 Å². The van der Waals surface area contributed by atoms with E-state index in [4.69, 9.17) is 5.73 Å². The molecule has 3 nitrogen and oxygen atoms in total. The quantitative estimate of drug-likeness (QED) is 0.806. The van der Waals surface area contributed by atoms with Gasteiger partial charge in [0, 0.05) is 11.4 Å². The fourth-order valence-electron chi connectivity index (χ4n) is 2.55. The van der Waals surface area contributed by atoms with Gasteiger partial charge in [-0.3, -0.25) is 0 Å². The molecule has 108 valence electrons. The van der Waals surface area contributed by atoms with E-state index in [0.717, 1.165) is 24.3 Å². The molecule has 0 aliphatic carbocycles. The van der Waals surface area contributed by atoms with Gasteiger partial charge in [-0.1, -0.05) is 34.6 Å². The number of hydrogen-bond acceptors (Lipinski definition) is 3. The van der Waals surface area contributed by atoms with Crippen molar-refractivity contribution in [3.05, 3.63) is 11.8 Å². The van der Waals surface area contributed by atoms with Crippen molar-refractivity contribution in [1.82, 2.24) is 0 Å². The maximum absolute atomic E-state index is 6.45. The minimum atomic E-state index is -0.488. The van der Waals surface area contributed by atoms with Gasteiger partial charge in [0.15, 0.2) is 0 Å². The molecule has 1 aliphatic rings. The smallest absolute Gasteiger partial charge is 0.115 e. The molecular weight excluding hydrogens is 234 g/mol. The second-order valence-electron chi connectivity index (χ2n) is 6.39. The van der Waals surface area contributed by atoms with E-state index in [9.17, 15) is 0 Å². The molecule has 0 spiro atoms. The first-order valence-electron chi connectivity index (χ1n) is 7.39. The molecular formula is C16H29N3. The molecule has 1 heterocycles. The van der Waals surface area contributed by atoms with Crippen LogP contribution in [0.1, 0.15) is 54.4 Å². The highest BCUT2D eigenvalue weighted by atomic mass is 14.9. The van der Waals surface area contributed by atoms with E-state index in [1.54, 1.807) is 6.34 Å². The van der Waals surface area contributed by atoms with E-state index in [2.05, 4.69) is 50.7 Å². The minimum absolute atomic E-state index is 0.381. The van der Waals surface area contributed by atoms with Crippen LogP contribution in [0.15, 0.2) is 21.8 Å². The summed E-state index contributed by atoms with van der Waals surface area (Å²) in [5, 5.41) is 0. The van der Waals surface area contributed by atoms with Crippen molar-refractivity contribution < 1.29 is 0 Å². The summed E-state index contributed by atoms with van der Waals surface area (Å²) in [4.78, 5) is 8.89. The minimum Gasteiger partial charge on any atom is -0.317 e. The molecule has 2 N–H and O–H groups in total. The molecule has 0 amide bonds. The largest absolute Gasteiger partial charge is 0.317 e. The van der Waals surface area contributed by atoms with Crippen LogP contribution in [0.25, 0.3) is 0 Å². The lowest BCUT2D eigenvalue weighted by atomic mass is 9.80. The van der Waals surface area contributed by atoms with Gasteiger partial charge in [0.05, 0.1) is 5.54 Å². The normalized spacial score (nSPS) is 26.7. The molecule has 3 heteroatoms. The van der Waals surface area contributed by atoms with Crippen LogP contribution in [-0.2, 0) is 0 Å². The molecule has 1 aliphatic heterocycles. The van der Waals surface area contributed by atoms with Crippen LogP contribution in [0.3, 0.4) is 0 Å². The Morgan fingerprint density at radius 3 is 2.42 bits per heavy atom. The number of aliphatic imine (C=N–C) groups is 2. The van der Waals surface area contributed by atoms with Gasteiger partial charge < -0.3 is 5.73 Å². The highest BCUT2D eigenvalue weighted by molar-refractivity contribution is 6.01. The van der Waals surface area contributed by atoms with E-state index in [0.29, 0.717) is 17.8 Å².